The van der Waals surface area contributed by atoms with Gasteiger partial charge < -0.3 is 15.4 Å². The number of thiophene rings is 1. The van der Waals surface area contributed by atoms with Gasteiger partial charge in [0.25, 0.3) is 0 Å². The molecule has 0 aliphatic carbocycles. The van der Waals surface area contributed by atoms with E-state index in [9.17, 15) is 8.42 Å². The Bertz CT molecular complexity index is 653. The zero-order valence-corrected chi connectivity index (χ0v) is 13.8. The predicted molar refractivity (Wildman–Crippen MR) is 83.4 cm³/mol. The molecule has 1 aliphatic heterocycles. The maximum Gasteiger partial charge on any atom is 0.183 e. The molecule has 0 bridgehead atoms. The smallest absolute Gasteiger partial charge is 0.183 e. The number of sulfone groups is 1. The van der Waals surface area contributed by atoms with Crippen molar-refractivity contribution in [2.45, 2.75) is 30.8 Å². The van der Waals surface area contributed by atoms with E-state index in [1.165, 1.54) is 0 Å². The van der Waals surface area contributed by atoms with E-state index in [0.717, 1.165) is 24.2 Å². The highest BCUT2D eigenvalue weighted by Gasteiger charge is 2.30. The summed E-state index contributed by atoms with van der Waals surface area (Å²) in [7, 11) is -1.77. The number of nitrogens with zero attached hydrogens (tertiary/aromatic N) is 2. The van der Waals surface area contributed by atoms with Gasteiger partial charge in [0.2, 0.25) is 0 Å². The van der Waals surface area contributed by atoms with Gasteiger partial charge in [-0.15, -0.1) is 11.3 Å². The van der Waals surface area contributed by atoms with E-state index in [-0.39, 0.29) is 27.3 Å². The molecule has 8 heteroatoms. The molecule has 0 aromatic carbocycles. The summed E-state index contributed by atoms with van der Waals surface area (Å²) in [5, 5.41) is 9.72. The first-order chi connectivity index (χ1) is 9.94. The number of nitrogen functional groups attached to an aromatic ring is 1. The van der Waals surface area contributed by atoms with Gasteiger partial charge in [-0.3, -0.25) is 0 Å². The standard InChI is InChI=1S/C13H19N3O3S2/c1-3-21(17,18)12-11(15)10(8-14)20-13(12)16-6-4-9(19-2)5-7-16/h9H,3-7,15H2,1-2H3. The lowest BCUT2D eigenvalue weighted by Gasteiger charge is -2.32. The molecule has 1 aromatic heterocycles. The maximum absolute atomic E-state index is 12.3. The van der Waals surface area contributed by atoms with Gasteiger partial charge in [-0.2, -0.15) is 5.26 Å². The SMILES string of the molecule is CCS(=O)(=O)c1c(N2CCC(OC)CC2)sc(C#N)c1N. The highest BCUT2D eigenvalue weighted by Crippen LogP contribution is 2.42. The normalized spacial score (nSPS) is 16.9. The second-order valence-corrected chi connectivity index (χ2v) is 8.13. The lowest BCUT2D eigenvalue weighted by Crippen LogP contribution is -2.36. The third-order valence-electron chi connectivity index (χ3n) is 3.74. The van der Waals surface area contributed by atoms with Gasteiger partial charge in [-0.1, -0.05) is 6.92 Å². The monoisotopic (exact) mass is 329 g/mol. The van der Waals surface area contributed by atoms with Crippen LogP contribution in [0.15, 0.2) is 4.90 Å². The fourth-order valence-corrected chi connectivity index (χ4v) is 5.10. The van der Waals surface area contributed by atoms with Crippen LogP contribution in [-0.2, 0) is 14.6 Å². The molecule has 0 radical (unpaired) electrons. The van der Waals surface area contributed by atoms with Crippen LogP contribution in [0.5, 0.6) is 0 Å². The lowest BCUT2D eigenvalue weighted by molar-refractivity contribution is 0.0819. The van der Waals surface area contributed by atoms with E-state index in [2.05, 4.69) is 0 Å². The van der Waals surface area contributed by atoms with Gasteiger partial charge in [-0.05, 0) is 12.8 Å². The number of rotatable bonds is 4. The van der Waals surface area contributed by atoms with Crippen LogP contribution in [0.25, 0.3) is 0 Å². The Morgan fingerprint density at radius 2 is 2.10 bits per heavy atom. The molecule has 2 N–H and O–H groups in total. The number of methoxy groups -OCH3 is 1. The third-order valence-corrected chi connectivity index (χ3v) is 6.83. The Kier molecular flexibility index (Phi) is 4.76. The van der Waals surface area contributed by atoms with Crippen molar-refractivity contribution in [3.63, 3.8) is 0 Å². The van der Waals surface area contributed by atoms with E-state index in [1.807, 2.05) is 11.0 Å². The largest absolute Gasteiger partial charge is 0.396 e. The zero-order valence-electron chi connectivity index (χ0n) is 12.1. The summed E-state index contributed by atoms with van der Waals surface area (Å²) in [4.78, 5) is 2.40. The van der Waals surface area contributed by atoms with Gasteiger partial charge in [0.15, 0.2) is 9.84 Å². The Morgan fingerprint density at radius 1 is 1.48 bits per heavy atom. The Hall–Kier alpha value is -1.30. The summed E-state index contributed by atoms with van der Waals surface area (Å²) in [5.74, 6) is -0.0274. The first kappa shape index (κ1) is 16.1. The van der Waals surface area contributed by atoms with E-state index in [1.54, 1.807) is 14.0 Å². The Morgan fingerprint density at radius 3 is 2.57 bits per heavy atom. The van der Waals surface area contributed by atoms with Crippen molar-refractivity contribution in [1.29, 1.82) is 5.26 Å². The van der Waals surface area contributed by atoms with Gasteiger partial charge in [0.05, 0.1) is 17.5 Å². The maximum atomic E-state index is 12.3. The van der Waals surface area contributed by atoms with E-state index < -0.39 is 9.84 Å². The van der Waals surface area contributed by atoms with E-state index in [0.29, 0.717) is 18.1 Å². The molecular formula is C13H19N3O3S2. The van der Waals surface area contributed by atoms with E-state index >= 15 is 0 Å². The molecule has 1 aliphatic rings. The molecule has 116 valence electrons. The molecule has 0 unspecified atom stereocenters. The number of anilines is 2. The number of hydrogen-bond acceptors (Lipinski definition) is 7. The summed E-state index contributed by atoms with van der Waals surface area (Å²) < 4.78 is 29.9. The number of nitrogens with two attached hydrogens (primary N) is 1. The van der Waals surface area contributed by atoms with E-state index in [4.69, 9.17) is 15.7 Å². The third kappa shape index (κ3) is 3.00. The van der Waals surface area contributed by atoms with Crippen LogP contribution in [0, 0.1) is 11.3 Å². The summed E-state index contributed by atoms with van der Waals surface area (Å²) in [6.45, 7) is 2.99. The van der Waals surface area contributed by atoms with Crippen LogP contribution in [0.4, 0.5) is 10.7 Å². The van der Waals surface area contributed by atoms with Crippen LogP contribution in [0.3, 0.4) is 0 Å². The molecule has 2 heterocycles. The van der Waals surface area contributed by atoms with Crippen LogP contribution < -0.4 is 10.6 Å². The second-order valence-electron chi connectivity index (χ2n) is 4.92. The van der Waals surface area contributed by atoms with Crippen LogP contribution in [0.2, 0.25) is 0 Å². The van der Waals surface area contributed by atoms with Crippen molar-refractivity contribution in [2.75, 3.05) is 36.6 Å². The minimum absolute atomic E-state index is 0.0274. The van der Waals surface area contributed by atoms with Gasteiger partial charge >= 0.3 is 0 Å². The average Bonchev–Trinajstić information content (AvgIpc) is 2.84. The topological polar surface area (TPSA) is 96.4 Å². The lowest BCUT2D eigenvalue weighted by atomic mass is 10.1. The molecule has 1 fully saturated rings. The summed E-state index contributed by atoms with van der Waals surface area (Å²) in [5.41, 5.74) is 5.98. The zero-order chi connectivity index (χ0) is 15.6. The highest BCUT2D eigenvalue weighted by molar-refractivity contribution is 7.91. The molecule has 1 saturated heterocycles. The Balaban J connectivity index is 2.43. The number of hydrogen-bond donors (Lipinski definition) is 1. The van der Waals surface area contributed by atoms with Crippen molar-refractivity contribution in [1.82, 2.24) is 0 Å². The van der Waals surface area contributed by atoms with Crippen molar-refractivity contribution < 1.29 is 13.2 Å². The first-order valence-corrected chi connectivity index (χ1v) is 9.24. The second kappa shape index (κ2) is 6.22. The average molecular weight is 329 g/mol. The van der Waals surface area contributed by atoms with Gasteiger partial charge in [0, 0.05) is 20.2 Å². The first-order valence-electron chi connectivity index (χ1n) is 6.77. The molecule has 2 rings (SSSR count). The number of ether oxygens (including phenoxy) is 1. The van der Waals surface area contributed by atoms with Crippen molar-refractivity contribution >= 4 is 31.9 Å². The molecule has 0 saturated carbocycles. The highest BCUT2D eigenvalue weighted by atomic mass is 32.2. The minimum Gasteiger partial charge on any atom is -0.396 e. The van der Waals surface area contributed by atoms with Crippen LogP contribution in [0.1, 0.15) is 24.6 Å². The Labute approximate surface area is 129 Å². The molecule has 0 amide bonds. The minimum atomic E-state index is -3.46. The summed E-state index contributed by atoms with van der Waals surface area (Å²) in [6, 6.07) is 1.99. The molecule has 6 nitrogen and oxygen atoms in total. The van der Waals surface area contributed by atoms with Crippen molar-refractivity contribution in [3.05, 3.63) is 4.88 Å². The summed E-state index contributed by atoms with van der Waals surface area (Å²) >= 11 is 1.16. The fourth-order valence-electron chi connectivity index (χ4n) is 2.45. The number of nitriles is 1. The van der Waals surface area contributed by atoms with Crippen LogP contribution >= 0.6 is 11.3 Å². The molecular weight excluding hydrogens is 310 g/mol. The summed E-state index contributed by atoms with van der Waals surface area (Å²) in [6.07, 6.45) is 1.88. The molecule has 21 heavy (non-hydrogen) atoms. The van der Waals surface area contributed by atoms with Crippen molar-refractivity contribution in [3.8, 4) is 6.07 Å². The fraction of sp³-hybridized carbons (Fsp3) is 0.615. The van der Waals surface area contributed by atoms with Gasteiger partial charge in [0.1, 0.15) is 20.8 Å². The molecule has 0 atom stereocenters. The van der Waals surface area contributed by atoms with Gasteiger partial charge in [-0.25, -0.2) is 8.42 Å². The molecule has 1 aromatic rings. The van der Waals surface area contributed by atoms with Crippen molar-refractivity contribution in [2.24, 2.45) is 0 Å². The molecule has 0 spiro atoms. The number of piperidine rings is 1. The quantitative estimate of drug-likeness (QED) is 0.901. The predicted octanol–water partition coefficient (Wildman–Crippen LogP) is 1.61. The van der Waals surface area contributed by atoms with Crippen LogP contribution in [-0.4, -0.2) is 40.5 Å².